The zero-order chi connectivity index (χ0) is 18.7. The Bertz CT molecular complexity index is 718. The van der Waals surface area contributed by atoms with E-state index in [0.29, 0.717) is 26.3 Å². The monoisotopic (exact) mass is 365 g/mol. The molecule has 1 aromatic carbocycles. The summed E-state index contributed by atoms with van der Waals surface area (Å²) in [6.07, 6.45) is -1.10. The summed E-state index contributed by atoms with van der Waals surface area (Å²) in [5.74, 6) is -1.58. The van der Waals surface area contributed by atoms with Gasteiger partial charge < -0.3 is 24.4 Å². The maximum absolute atomic E-state index is 13.0. The van der Waals surface area contributed by atoms with E-state index in [1.54, 1.807) is 4.90 Å². The molecule has 1 aromatic rings. The van der Waals surface area contributed by atoms with Crippen molar-refractivity contribution in [3.05, 3.63) is 33.9 Å². The Hall–Kier alpha value is -2.72. The summed E-state index contributed by atoms with van der Waals surface area (Å²) in [5, 5.41) is 20.6. The van der Waals surface area contributed by atoms with Gasteiger partial charge in [-0.3, -0.25) is 14.9 Å². The van der Waals surface area contributed by atoms with Crippen molar-refractivity contribution in [3.8, 4) is 0 Å². The van der Waals surface area contributed by atoms with Crippen molar-refractivity contribution < 1.29 is 29.1 Å². The van der Waals surface area contributed by atoms with Crippen molar-refractivity contribution in [1.82, 2.24) is 4.90 Å². The standard InChI is InChI=1S/C16H19N3O7/c20-15(18-6-9-26-13(10-18)16(21)22)11-2-1-3-12(19(23)24)14(11)17-4-7-25-8-5-17/h1-3,13H,4-10H2,(H,21,22). The first-order chi connectivity index (χ1) is 12.5. The molecule has 0 bridgehead atoms. The number of nitrogens with zero attached hydrogens (tertiary/aromatic N) is 3. The van der Waals surface area contributed by atoms with Crippen molar-refractivity contribution in [1.29, 1.82) is 0 Å². The van der Waals surface area contributed by atoms with E-state index in [4.69, 9.17) is 14.6 Å². The molecule has 26 heavy (non-hydrogen) atoms. The van der Waals surface area contributed by atoms with Crippen LogP contribution in [0.25, 0.3) is 0 Å². The number of hydrogen-bond donors (Lipinski definition) is 1. The van der Waals surface area contributed by atoms with Crippen LogP contribution in [0.15, 0.2) is 18.2 Å². The second kappa shape index (κ2) is 7.67. The number of hydrogen-bond acceptors (Lipinski definition) is 7. The van der Waals surface area contributed by atoms with Gasteiger partial charge in [-0.1, -0.05) is 6.07 Å². The largest absolute Gasteiger partial charge is 0.479 e. The molecule has 0 radical (unpaired) electrons. The summed E-state index contributed by atoms with van der Waals surface area (Å²) in [6.45, 7) is 1.94. The number of nitro groups is 1. The van der Waals surface area contributed by atoms with E-state index in [0.717, 1.165) is 0 Å². The second-order valence-electron chi connectivity index (χ2n) is 5.98. The molecule has 0 saturated carbocycles. The number of carbonyl (C=O) groups excluding carboxylic acids is 1. The van der Waals surface area contributed by atoms with Gasteiger partial charge in [-0.05, 0) is 6.07 Å². The van der Waals surface area contributed by atoms with Crippen LogP contribution in [0.4, 0.5) is 11.4 Å². The van der Waals surface area contributed by atoms with E-state index in [1.807, 2.05) is 0 Å². The lowest BCUT2D eigenvalue weighted by molar-refractivity contribution is -0.384. The van der Waals surface area contributed by atoms with Gasteiger partial charge >= 0.3 is 5.97 Å². The Balaban J connectivity index is 1.95. The molecule has 0 aliphatic carbocycles. The Labute approximate surface area is 149 Å². The van der Waals surface area contributed by atoms with Gasteiger partial charge in [-0.15, -0.1) is 0 Å². The number of carbonyl (C=O) groups is 2. The molecule has 3 rings (SSSR count). The number of anilines is 1. The molecule has 140 valence electrons. The number of ether oxygens (including phenoxy) is 2. The number of aliphatic carboxylic acids is 1. The van der Waals surface area contributed by atoms with E-state index >= 15 is 0 Å². The molecule has 2 saturated heterocycles. The van der Waals surface area contributed by atoms with Crippen LogP contribution in [0.2, 0.25) is 0 Å². The Morgan fingerprint density at radius 2 is 1.92 bits per heavy atom. The maximum Gasteiger partial charge on any atom is 0.334 e. The van der Waals surface area contributed by atoms with E-state index in [-0.39, 0.29) is 36.6 Å². The third kappa shape index (κ3) is 3.60. The molecule has 2 fully saturated rings. The molecule has 1 atom stereocenters. The molecule has 10 heteroatoms. The Kier molecular flexibility index (Phi) is 5.33. The molecular formula is C16H19N3O7. The first-order valence-electron chi connectivity index (χ1n) is 8.23. The highest BCUT2D eigenvalue weighted by Crippen LogP contribution is 2.33. The first kappa shape index (κ1) is 18.1. The number of para-hydroxylation sites is 1. The SMILES string of the molecule is O=C(O)C1CN(C(=O)c2cccc([N+](=O)[O-])c2N2CCOCC2)CCO1. The first-order valence-corrected chi connectivity index (χ1v) is 8.23. The molecule has 2 heterocycles. The van der Waals surface area contributed by atoms with Crippen LogP contribution in [0, 0.1) is 10.1 Å². The molecule has 10 nitrogen and oxygen atoms in total. The van der Waals surface area contributed by atoms with Crippen molar-refractivity contribution in [2.45, 2.75) is 6.10 Å². The second-order valence-corrected chi connectivity index (χ2v) is 5.98. The summed E-state index contributed by atoms with van der Waals surface area (Å²) in [7, 11) is 0. The maximum atomic E-state index is 13.0. The normalized spacial score (nSPS) is 20.7. The highest BCUT2D eigenvalue weighted by atomic mass is 16.6. The van der Waals surface area contributed by atoms with E-state index in [1.165, 1.54) is 23.1 Å². The predicted octanol–water partition coefficient (Wildman–Crippen LogP) is 0.357. The van der Waals surface area contributed by atoms with Crippen LogP contribution in [0.5, 0.6) is 0 Å². The Morgan fingerprint density at radius 1 is 1.19 bits per heavy atom. The van der Waals surface area contributed by atoms with Gasteiger partial charge in [-0.25, -0.2) is 4.79 Å². The highest BCUT2D eigenvalue weighted by molar-refractivity contribution is 6.02. The molecule has 0 aromatic heterocycles. The quantitative estimate of drug-likeness (QED) is 0.599. The van der Waals surface area contributed by atoms with Gasteiger partial charge in [0.1, 0.15) is 5.69 Å². The number of amides is 1. The third-order valence-electron chi connectivity index (χ3n) is 4.40. The molecule has 1 N–H and O–H groups in total. The summed E-state index contributed by atoms with van der Waals surface area (Å²) < 4.78 is 10.4. The van der Waals surface area contributed by atoms with Crippen molar-refractivity contribution >= 4 is 23.3 Å². The molecule has 1 amide bonds. The van der Waals surface area contributed by atoms with E-state index in [2.05, 4.69) is 0 Å². The number of morpholine rings is 2. The fourth-order valence-electron chi connectivity index (χ4n) is 3.12. The molecule has 2 aliphatic heterocycles. The minimum absolute atomic E-state index is 0.0978. The topological polar surface area (TPSA) is 122 Å². The van der Waals surface area contributed by atoms with Crippen LogP contribution in [-0.4, -0.2) is 78.9 Å². The third-order valence-corrected chi connectivity index (χ3v) is 4.40. The lowest BCUT2D eigenvalue weighted by Gasteiger charge is -2.33. The van der Waals surface area contributed by atoms with Crippen LogP contribution < -0.4 is 4.90 Å². The summed E-state index contributed by atoms with van der Waals surface area (Å²) in [5.41, 5.74) is 0.289. The Morgan fingerprint density at radius 3 is 2.58 bits per heavy atom. The van der Waals surface area contributed by atoms with E-state index < -0.39 is 22.9 Å². The summed E-state index contributed by atoms with van der Waals surface area (Å²) >= 11 is 0. The van der Waals surface area contributed by atoms with Crippen molar-refractivity contribution in [2.24, 2.45) is 0 Å². The van der Waals surface area contributed by atoms with Gasteiger partial charge in [0.05, 0.1) is 36.9 Å². The fourth-order valence-corrected chi connectivity index (χ4v) is 3.12. The van der Waals surface area contributed by atoms with Crippen molar-refractivity contribution in [2.75, 3.05) is 50.9 Å². The van der Waals surface area contributed by atoms with E-state index in [9.17, 15) is 19.7 Å². The average Bonchev–Trinajstić information content (AvgIpc) is 2.67. The molecular weight excluding hydrogens is 346 g/mol. The predicted molar refractivity (Wildman–Crippen MR) is 89.4 cm³/mol. The lowest BCUT2D eigenvalue weighted by atomic mass is 10.1. The fraction of sp³-hybridized carbons (Fsp3) is 0.500. The average molecular weight is 365 g/mol. The van der Waals surface area contributed by atoms with Gasteiger partial charge in [-0.2, -0.15) is 0 Å². The van der Waals surface area contributed by atoms with Crippen LogP contribution in [-0.2, 0) is 14.3 Å². The van der Waals surface area contributed by atoms with Crippen LogP contribution in [0.1, 0.15) is 10.4 Å². The molecule has 1 unspecified atom stereocenters. The van der Waals surface area contributed by atoms with Crippen LogP contribution in [0.3, 0.4) is 0 Å². The summed E-state index contributed by atoms with van der Waals surface area (Å²) in [4.78, 5) is 38.2. The minimum Gasteiger partial charge on any atom is -0.479 e. The minimum atomic E-state index is -1.14. The number of nitro benzene ring substituents is 1. The number of benzene rings is 1. The van der Waals surface area contributed by atoms with Crippen LogP contribution >= 0.6 is 0 Å². The van der Waals surface area contributed by atoms with Gasteiger partial charge in [0.15, 0.2) is 6.10 Å². The summed E-state index contributed by atoms with van der Waals surface area (Å²) in [6, 6.07) is 4.36. The molecule has 0 spiro atoms. The van der Waals surface area contributed by atoms with Gasteiger partial charge in [0.25, 0.3) is 11.6 Å². The number of rotatable bonds is 4. The van der Waals surface area contributed by atoms with Gasteiger partial charge in [0.2, 0.25) is 0 Å². The number of carboxylic acid groups (broad SMARTS) is 1. The van der Waals surface area contributed by atoms with Crippen molar-refractivity contribution in [3.63, 3.8) is 0 Å². The molecule has 2 aliphatic rings. The zero-order valence-electron chi connectivity index (χ0n) is 14.0. The zero-order valence-corrected chi connectivity index (χ0v) is 14.0. The lowest BCUT2D eigenvalue weighted by Crippen LogP contribution is -2.49. The highest BCUT2D eigenvalue weighted by Gasteiger charge is 2.33. The van der Waals surface area contributed by atoms with Gasteiger partial charge in [0, 0.05) is 25.7 Å². The number of carboxylic acids is 1. The smallest absolute Gasteiger partial charge is 0.334 e.